The molecular formula is C18H16ClN5O2. The third-order valence-electron chi connectivity index (χ3n) is 4.35. The van der Waals surface area contributed by atoms with E-state index in [0.29, 0.717) is 17.1 Å². The molecule has 0 amide bonds. The summed E-state index contributed by atoms with van der Waals surface area (Å²) in [5.74, 6) is 0.277. The van der Waals surface area contributed by atoms with Gasteiger partial charge in [-0.2, -0.15) is 4.98 Å². The molecule has 26 heavy (non-hydrogen) atoms. The number of aryl methyl sites for hydroxylation is 3. The number of halogens is 1. The van der Waals surface area contributed by atoms with E-state index in [2.05, 4.69) is 19.5 Å². The first-order valence-electron chi connectivity index (χ1n) is 8.24. The number of benzene rings is 1. The molecule has 1 aromatic carbocycles. The molecule has 1 aromatic heterocycles. The van der Waals surface area contributed by atoms with Gasteiger partial charge < -0.3 is 9.13 Å². The zero-order valence-electron chi connectivity index (χ0n) is 14.1. The minimum Gasteiger partial charge on any atom is -0.354 e. The van der Waals surface area contributed by atoms with Crippen LogP contribution in [-0.4, -0.2) is 24.1 Å². The van der Waals surface area contributed by atoms with E-state index < -0.39 is 11.2 Å². The molecule has 1 N–H and O–H groups in total. The van der Waals surface area contributed by atoms with E-state index in [1.807, 2.05) is 48.1 Å². The maximum atomic E-state index is 12.2. The fraction of sp³-hybridized carbons (Fsp3) is 0.222. The second-order valence-corrected chi connectivity index (χ2v) is 6.58. The lowest BCUT2D eigenvalue weighted by atomic mass is 10.2. The molecular weight excluding hydrogens is 354 g/mol. The first kappa shape index (κ1) is 16.5. The van der Waals surface area contributed by atoms with Crippen LogP contribution in [0.5, 0.6) is 0 Å². The van der Waals surface area contributed by atoms with E-state index in [0.717, 1.165) is 24.0 Å². The van der Waals surface area contributed by atoms with Crippen LogP contribution >= 0.6 is 11.6 Å². The van der Waals surface area contributed by atoms with Crippen molar-refractivity contribution in [2.24, 2.45) is 0 Å². The van der Waals surface area contributed by atoms with Crippen LogP contribution < -0.4 is 11.2 Å². The average Bonchev–Trinajstić information content (AvgIpc) is 3.10. The first-order chi connectivity index (χ1) is 12.5. The predicted molar refractivity (Wildman–Crippen MR) is 99.8 cm³/mol. The Hall–Kier alpha value is -2.93. The molecule has 2 aliphatic rings. The van der Waals surface area contributed by atoms with Crippen molar-refractivity contribution in [3.8, 4) is 11.5 Å². The maximum absolute atomic E-state index is 12.2. The Labute approximate surface area is 153 Å². The molecule has 0 aliphatic carbocycles. The highest BCUT2D eigenvalue weighted by Gasteiger charge is 2.19. The molecule has 0 saturated carbocycles. The topological polar surface area (TPSA) is 85.6 Å². The molecule has 132 valence electrons. The van der Waals surface area contributed by atoms with Gasteiger partial charge in [-0.3, -0.25) is 9.78 Å². The summed E-state index contributed by atoms with van der Waals surface area (Å²) >= 11 is 6.29. The number of H-pyrrole nitrogens is 1. The van der Waals surface area contributed by atoms with Crippen LogP contribution in [0.15, 0.2) is 46.2 Å². The summed E-state index contributed by atoms with van der Waals surface area (Å²) in [7, 11) is 0. The molecule has 0 radical (unpaired) electrons. The zero-order chi connectivity index (χ0) is 18.3. The summed E-state index contributed by atoms with van der Waals surface area (Å²) in [6, 6.07) is 7.58. The molecule has 2 aliphatic heterocycles. The van der Waals surface area contributed by atoms with Gasteiger partial charge in [0.15, 0.2) is 11.5 Å². The molecule has 2 aromatic rings. The Kier molecular flexibility index (Phi) is 4.08. The van der Waals surface area contributed by atoms with Crippen LogP contribution in [0.3, 0.4) is 0 Å². The predicted octanol–water partition coefficient (Wildman–Crippen LogP) is 2.44. The smallest absolute Gasteiger partial charge is 0.349 e. The van der Waals surface area contributed by atoms with Crippen molar-refractivity contribution in [2.75, 3.05) is 0 Å². The van der Waals surface area contributed by atoms with Gasteiger partial charge in [0.25, 0.3) is 5.56 Å². The highest BCUT2D eigenvalue weighted by Crippen LogP contribution is 2.26. The van der Waals surface area contributed by atoms with Gasteiger partial charge in [0.2, 0.25) is 0 Å². The van der Waals surface area contributed by atoms with Gasteiger partial charge in [-0.05, 0) is 43.2 Å². The third kappa shape index (κ3) is 2.90. The quantitative estimate of drug-likeness (QED) is 0.560. The van der Waals surface area contributed by atoms with Gasteiger partial charge >= 0.3 is 5.69 Å². The standard InChI is InChI=1S/C18H16ClN5O2/c1-11-9-13-14(10-12(11)19)24(8-4-7-23-5-2-3-6-23)16-15(20-13)17(25)22-18(26)21-16/h2-3,5-6,9-10H,4,7-8H2,1H3,(H,22,25,26). The summed E-state index contributed by atoms with van der Waals surface area (Å²) in [4.78, 5) is 34.5. The Morgan fingerprint density at radius 3 is 2.65 bits per heavy atom. The summed E-state index contributed by atoms with van der Waals surface area (Å²) in [6.07, 6.45) is 4.78. The first-order valence-corrected chi connectivity index (χ1v) is 8.62. The number of hydrogen-bond acceptors (Lipinski definition) is 4. The zero-order valence-corrected chi connectivity index (χ0v) is 14.8. The van der Waals surface area contributed by atoms with Crippen molar-refractivity contribution in [3.05, 3.63) is 68.1 Å². The second-order valence-electron chi connectivity index (χ2n) is 6.17. The fourth-order valence-electron chi connectivity index (χ4n) is 3.08. The van der Waals surface area contributed by atoms with E-state index in [9.17, 15) is 9.59 Å². The van der Waals surface area contributed by atoms with Crippen molar-refractivity contribution >= 4 is 22.6 Å². The highest BCUT2D eigenvalue weighted by atomic mass is 35.5. The number of nitrogens with zero attached hydrogens (tertiary/aromatic N) is 4. The van der Waals surface area contributed by atoms with Crippen LogP contribution in [0, 0.1) is 6.92 Å². The highest BCUT2D eigenvalue weighted by molar-refractivity contribution is 6.32. The number of nitrogens with one attached hydrogen (secondary N) is 1. The molecule has 0 bridgehead atoms. The van der Waals surface area contributed by atoms with E-state index in [1.165, 1.54) is 0 Å². The van der Waals surface area contributed by atoms with Crippen LogP contribution in [-0.2, 0) is 13.1 Å². The molecule has 0 saturated heterocycles. The summed E-state index contributed by atoms with van der Waals surface area (Å²) in [5.41, 5.74) is 1.20. The van der Waals surface area contributed by atoms with Gasteiger partial charge in [-0.15, -0.1) is 0 Å². The molecule has 7 nitrogen and oxygen atoms in total. The lowest BCUT2D eigenvalue weighted by molar-refractivity contribution is 0.570. The normalized spacial score (nSPS) is 11.5. The Bertz CT molecular complexity index is 1180. The monoisotopic (exact) mass is 369 g/mol. The van der Waals surface area contributed by atoms with Gasteiger partial charge in [0, 0.05) is 30.5 Å². The van der Waals surface area contributed by atoms with Crippen LogP contribution in [0.25, 0.3) is 22.6 Å². The third-order valence-corrected chi connectivity index (χ3v) is 4.76. The van der Waals surface area contributed by atoms with Gasteiger partial charge in [-0.1, -0.05) is 11.6 Å². The SMILES string of the molecule is Cc1cc2nc3c(=O)[nH]c(=O)nc-3n(CCCn3cccc3)c2cc1Cl. The molecule has 8 heteroatoms. The molecule has 3 heterocycles. The van der Waals surface area contributed by atoms with E-state index >= 15 is 0 Å². The van der Waals surface area contributed by atoms with Crippen LogP contribution in [0.2, 0.25) is 5.02 Å². The average molecular weight is 370 g/mol. The fourth-order valence-corrected chi connectivity index (χ4v) is 3.23. The van der Waals surface area contributed by atoms with Crippen molar-refractivity contribution in [3.63, 3.8) is 0 Å². The lowest BCUT2D eigenvalue weighted by Crippen LogP contribution is -2.29. The van der Waals surface area contributed by atoms with Gasteiger partial charge in [0.1, 0.15) is 0 Å². The van der Waals surface area contributed by atoms with Crippen molar-refractivity contribution < 1.29 is 0 Å². The largest absolute Gasteiger partial charge is 0.354 e. The molecule has 4 rings (SSSR count). The molecule has 0 unspecified atom stereocenters. The van der Waals surface area contributed by atoms with Gasteiger partial charge in [-0.25, -0.2) is 9.78 Å². The Morgan fingerprint density at radius 1 is 1.12 bits per heavy atom. The minimum atomic E-state index is -0.680. The van der Waals surface area contributed by atoms with Crippen LogP contribution in [0.4, 0.5) is 0 Å². The van der Waals surface area contributed by atoms with Crippen molar-refractivity contribution in [2.45, 2.75) is 26.4 Å². The molecule has 0 fully saturated rings. The second kappa shape index (κ2) is 6.42. The lowest BCUT2D eigenvalue weighted by Gasteiger charge is -2.17. The van der Waals surface area contributed by atoms with E-state index in [4.69, 9.17) is 11.6 Å². The Balaban J connectivity index is 1.89. The van der Waals surface area contributed by atoms with Crippen molar-refractivity contribution in [1.82, 2.24) is 24.1 Å². The van der Waals surface area contributed by atoms with Crippen LogP contribution in [0.1, 0.15) is 12.0 Å². The summed E-state index contributed by atoms with van der Waals surface area (Å²) in [5, 5.41) is 0.602. The number of aromatic nitrogens is 5. The van der Waals surface area contributed by atoms with E-state index in [-0.39, 0.29) is 11.5 Å². The molecule has 0 spiro atoms. The number of fused-ring (bicyclic) bond motifs is 2. The Morgan fingerprint density at radius 2 is 1.88 bits per heavy atom. The van der Waals surface area contributed by atoms with Gasteiger partial charge in [0.05, 0.1) is 11.0 Å². The maximum Gasteiger partial charge on any atom is 0.349 e. The number of aromatic amines is 1. The summed E-state index contributed by atoms with van der Waals surface area (Å²) < 4.78 is 3.92. The van der Waals surface area contributed by atoms with E-state index in [1.54, 1.807) is 0 Å². The van der Waals surface area contributed by atoms with Crippen molar-refractivity contribution in [1.29, 1.82) is 0 Å². The number of rotatable bonds is 4. The summed E-state index contributed by atoms with van der Waals surface area (Å²) in [6.45, 7) is 3.26. The number of hydrogen-bond donors (Lipinski definition) is 1. The minimum absolute atomic E-state index is 0.153. The molecule has 0 atom stereocenters.